The quantitative estimate of drug-likeness (QED) is 0.174. The van der Waals surface area contributed by atoms with Crippen LogP contribution < -0.4 is 0 Å². The molecule has 12 rings (SSSR count). The second-order valence-electron chi connectivity index (χ2n) is 17.1. The van der Waals surface area contributed by atoms with Crippen molar-refractivity contribution in [3.63, 3.8) is 0 Å². The standard InChI is InChI=1S/C59H41N3/c1-58(2)50-25-13-15-27-52(50)59(53-28-16-14-26-51(53)58)49-24-12-11-23-47(49)48-34-33-42(37-54(48)59)44-36-35-43(45-21-9-10-22-46(44)45)38-29-31-41(32-30-38)57-61-55(39-17-5-3-6-18-39)60-56(62-57)40-19-7-4-8-20-40/h3-37H,1-2H3. The van der Waals surface area contributed by atoms with Gasteiger partial charge in [-0.1, -0.05) is 220 Å². The van der Waals surface area contributed by atoms with Crippen LogP contribution in [0, 0.1) is 0 Å². The van der Waals surface area contributed by atoms with Crippen LogP contribution in [0.15, 0.2) is 212 Å². The molecule has 62 heavy (non-hydrogen) atoms. The largest absolute Gasteiger partial charge is 0.208 e. The molecule has 0 aliphatic heterocycles. The molecule has 1 spiro atoms. The van der Waals surface area contributed by atoms with Crippen LogP contribution in [0.4, 0.5) is 0 Å². The van der Waals surface area contributed by atoms with Crippen molar-refractivity contribution in [2.24, 2.45) is 0 Å². The predicted molar refractivity (Wildman–Crippen MR) is 254 cm³/mol. The van der Waals surface area contributed by atoms with Gasteiger partial charge in [-0.15, -0.1) is 0 Å². The number of nitrogens with zero attached hydrogens (tertiary/aromatic N) is 3. The number of rotatable bonds is 5. The maximum atomic E-state index is 4.98. The summed E-state index contributed by atoms with van der Waals surface area (Å²) in [6.45, 7) is 4.76. The summed E-state index contributed by atoms with van der Waals surface area (Å²) in [6.07, 6.45) is 0. The fraction of sp³-hybridized carbons (Fsp3) is 0.0678. The second kappa shape index (κ2) is 13.9. The fourth-order valence-corrected chi connectivity index (χ4v) is 10.6. The van der Waals surface area contributed by atoms with Gasteiger partial charge in [0.15, 0.2) is 17.5 Å². The molecule has 292 valence electrons. The van der Waals surface area contributed by atoms with Gasteiger partial charge in [0.05, 0.1) is 5.41 Å². The summed E-state index contributed by atoms with van der Waals surface area (Å²) in [6, 6.07) is 77.0. The van der Waals surface area contributed by atoms with E-state index < -0.39 is 5.41 Å². The molecule has 0 fully saturated rings. The fourth-order valence-electron chi connectivity index (χ4n) is 10.6. The van der Waals surface area contributed by atoms with Crippen molar-refractivity contribution < 1.29 is 0 Å². The van der Waals surface area contributed by atoms with Crippen LogP contribution >= 0.6 is 0 Å². The van der Waals surface area contributed by atoms with Gasteiger partial charge in [0.2, 0.25) is 0 Å². The Morgan fingerprint density at radius 1 is 0.274 bits per heavy atom. The van der Waals surface area contributed by atoms with Gasteiger partial charge >= 0.3 is 0 Å². The molecule has 0 amide bonds. The van der Waals surface area contributed by atoms with Crippen LogP contribution in [-0.4, -0.2) is 15.0 Å². The lowest BCUT2D eigenvalue weighted by Gasteiger charge is -2.46. The van der Waals surface area contributed by atoms with Gasteiger partial charge in [0.25, 0.3) is 0 Å². The van der Waals surface area contributed by atoms with Crippen LogP contribution in [0.25, 0.3) is 78.3 Å². The minimum absolute atomic E-state index is 0.139. The zero-order valence-corrected chi connectivity index (χ0v) is 34.5. The molecule has 3 nitrogen and oxygen atoms in total. The van der Waals surface area contributed by atoms with E-state index in [2.05, 4.69) is 166 Å². The molecule has 9 aromatic carbocycles. The molecular weight excluding hydrogens is 751 g/mol. The Labute approximate surface area is 362 Å². The molecule has 1 heterocycles. The molecule has 0 bridgehead atoms. The molecule has 1 aromatic heterocycles. The summed E-state index contributed by atoms with van der Waals surface area (Å²) in [5.74, 6) is 1.96. The van der Waals surface area contributed by atoms with Gasteiger partial charge in [-0.2, -0.15) is 0 Å². The highest BCUT2D eigenvalue weighted by atomic mass is 15.0. The first-order valence-corrected chi connectivity index (χ1v) is 21.4. The average Bonchev–Trinajstić information content (AvgIpc) is 3.63. The van der Waals surface area contributed by atoms with E-state index in [9.17, 15) is 0 Å². The van der Waals surface area contributed by atoms with E-state index in [1.807, 2.05) is 60.7 Å². The number of fused-ring (bicyclic) bond motifs is 10. The molecule has 0 saturated carbocycles. The highest BCUT2D eigenvalue weighted by Crippen LogP contribution is 2.62. The number of aromatic nitrogens is 3. The molecule has 0 atom stereocenters. The van der Waals surface area contributed by atoms with Crippen molar-refractivity contribution in [1.29, 1.82) is 0 Å². The SMILES string of the molecule is CC1(C)c2ccccc2C2(c3ccccc3-c3ccc(-c4ccc(-c5ccc(-c6nc(-c7ccccc7)nc(-c7ccccc7)n6)cc5)c5ccccc45)cc32)c2ccccc21. The highest BCUT2D eigenvalue weighted by molar-refractivity contribution is 6.05. The van der Waals surface area contributed by atoms with Crippen LogP contribution in [-0.2, 0) is 10.8 Å². The summed E-state index contributed by atoms with van der Waals surface area (Å²) in [4.78, 5) is 14.8. The molecule has 0 saturated heterocycles. The molecule has 2 aliphatic carbocycles. The summed E-state index contributed by atoms with van der Waals surface area (Å²) < 4.78 is 0. The Hall–Kier alpha value is -7.75. The van der Waals surface area contributed by atoms with Crippen LogP contribution in [0.3, 0.4) is 0 Å². The average molecular weight is 792 g/mol. The van der Waals surface area contributed by atoms with E-state index in [-0.39, 0.29) is 5.41 Å². The Morgan fingerprint density at radius 2 is 0.645 bits per heavy atom. The molecule has 0 radical (unpaired) electrons. The maximum Gasteiger partial charge on any atom is 0.164 e. The summed E-state index contributed by atoms with van der Waals surface area (Å²) in [5.41, 5.74) is 17.9. The smallest absolute Gasteiger partial charge is 0.164 e. The number of hydrogen-bond donors (Lipinski definition) is 0. The minimum atomic E-state index is -0.440. The van der Waals surface area contributed by atoms with Gasteiger partial charge in [-0.3, -0.25) is 0 Å². The van der Waals surface area contributed by atoms with Crippen molar-refractivity contribution in [3.05, 3.63) is 246 Å². The third-order valence-electron chi connectivity index (χ3n) is 13.4. The van der Waals surface area contributed by atoms with E-state index in [0.29, 0.717) is 17.5 Å². The topological polar surface area (TPSA) is 38.7 Å². The zero-order chi connectivity index (χ0) is 41.4. The van der Waals surface area contributed by atoms with Gasteiger partial charge in [-0.25, -0.2) is 15.0 Å². The first kappa shape index (κ1) is 36.1. The first-order valence-electron chi connectivity index (χ1n) is 21.4. The lowest BCUT2D eigenvalue weighted by molar-refractivity contribution is 0.563. The van der Waals surface area contributed by atoms with Crippen molar-refractivity contribution in [2.75, 3.05) is 0 Å². The van der Waals surface area contributed by atoms with E-state index in [1.54, 1.807) is 0 Å². The zero-order valence-electron chi connectivity index (χ0n) is 34.5. The van der Waals surface area contributed by atoms with E-state index in [1.165, 1.54) is 72.0 Å². The van der Waals surface area contributed by atoms with Crippen LogP contribution in [0.5, 0.6) is 0 Å². The monoisotopic (exact) mass is 791 g/mol. The summed E-state index contributed by atoms with van der Waals surface area (Å²) >= 11 is 0. The van der Waals surface area contributed by atoms with Crippen molar-refractivity contribution in [3.8, 4) is 67.5 Å². The Morgan fingerprint density at radius 3 is 1.19 bits per heavy atom. The second-order valence-corrected chi connectivity index (χ2v) is 17.1. The number of benzene rings is 9. The molecular formula is C59H41N3. The highest BCUT2D eigenvalue weighted by Gasteiger charge is 2.53. The third-order valence-corrected chi connectivity index (χ3v) is 13.4. The van der Waals surface area contributed by atoms with Crippen LogP contribution in [0.1, 0.15) is 47.2 Å². The third kappa shape index (κ3) is 5.34. The molecule has 2 aliphatic rings. The van der Waals surface area contributed by atoms with Gasteiger partial charge < -0.3 is 0 Å². The predicted octanol–water partition coefficient (Wildman–Crippen LogP) is 14.4. The van der Waals surface area contributed by atoms with E-state index in [0.717, 1.165) is 22.3 Å². The molecule has 0 N–H and O–H groups in total. The van der Waals surface area contributed by atoms with Crippen molar-refractivity contribution in [1.82, 2.24) is 15.0 Å². The number of hydrogen-bond acceptors (Lipinski definition) is 3. The lowest BCUT2D eigenvalue weighted by atomic mass is 9.55. The minimum Gasteiger partial charge on any atom is -0.208 e. The van der Waals surface area contributed by atoms with Crippen molar-refractivity contribution >= 4 is 10.8 Å². The normalized spacial score (nSPS) is 13.9. The summed E-state index contributed by atoms with van der Waals surface area (Å²) in [5, 5.41) is 2.44. The summed E-state index contributed by atoms with van der Waals surface area (Å²) in [7, 11) is 0. The first-order chi connectivity index (χ1) is 30.5. The Bertz CT molecular complexity index is 3260. The van der Waals surface area contributed by atoms with E-state index in [4.69, 9.17) is 15.0 Å². The van der Waals surface area contributed by atoms with E-state index >= 15 is 0 Å². The molecule has 0 unspecified atom stereocenters. The van der Waals surface area contributed by atoms with Gasteiger partial charge in [0.1, 0.15) is 0 Å². The lowest BCUT2D eigenvalue weighted by Crippen LogP contribution is -2.40. The van der Waals surface area contributed by atoms with Crippen LogP contribution in [0.2, 0.25) is 0 Å². The van der Waals surface area contributed by atoms with Gasteiger partial charge in [-0.05, 0) is 83.6 Å². The maximum absolute atomic E-state index is 4.98. The van der Waals surface area contributed by atoms with Crippen molar-refractivity contribution in [2.45, 2.75) is 24.7 Å². The molecule has 3 heteroatoms. The van der Waals surface area contributed by atoms with Gasteiger partial charge in [0, 0.05) is 22.1 Å². The Balaban J connectivity index is 0.981. The molecule has 10 aromatic rings. The Kier molecular flexibility index (Phi) is 8.10.